The van der Waals surface area contributed by atoms with Crippen LogP contribution in [0.5, 0.6) is 0 Å². The van der Waals surface area contributed by atoms with Gasteiger partial charge in [0.1, 0.15) is 6.29 Å². The second-order valence-electron chi connectivity index (χ2n) is 4.56. The summed E-state index contributed by atoms with van der Waals surface area (Å²) in [5.74, 6) is 0. The van der Waals surface area contributed by atoms with Crippen LogP contribution in [0.15, 0.2) is 22.7 Å². The van der Waals surface area contributed by atoms with Crippen molar-refractivity contribution in [1.29, 1.82) is 0 Å². The van der Waals surface area contributed by atoms with Gasteiger partial charge in [-0.2, -0.15) is 0 Å². The summed E-state index contributed by atoms with van der Waals surface area (Å²) >= 11 is 3.48. The molecule has 0 saturated carbocycles. The Bertz CT molecular complexity index is 368. The van der Waals surface area contributed by atoms with Gasteiger partial charge in [0.25, 0.3) is 0 Å². The minimum absolute atomic E-state index is 0.0607. The van der Waals surface area contributed by atoms with Crippen molar-refractivity contribution < 1.29 is 4.79 Å². The van der Waals surface area contributed by atoms with Gasteiger partial charge in [-0.3, -0.25) is 4.79 Å². The first-order chi connectivity index (χ1) is 6.86. The molecule has 0 aliphatic rings. The van der Waals surface area contributed by atoms with Gasteiger partial charge in [-0.15, -0.1) is 0 Å². The molecular weight excluding hydrogens is 254 g/mol. The van der Waals surface area contributed by atoms with E-state index in [4.69, 9.17) is 0 Å². The van der Waals surface area contributed by atoms with Crippen molar-refractivity contribution in [1.82, 2.24) is 0 Å². The van der Waals surface area contributed by atoms with Crippen LogP contribution >= 0.6 is 15.9 Å². The summed E-state index contributed by atoms with van der Waals surface area (Å²) in [7, 11) is 2.04. The number of hydrogen-bond acceptors (Lipinski definition) is 2. The van der Waals surface area contributed by atoms with Gasteiger partial charge < -0.3 is 4.90 Å². The molecule has 0 aliphatic carbocycles. The Morgan fingerprint density at radius 3 is 2.33 bits per heavy atom. The fourth-order valence-electron chi connectivity index (χ4n) is 1.23. The Morgan fingerprint density at radius 2 is 1.93 bits per heavy atom. The van der Waals surface area contributed by atoms with Crippen LogP contribution in [0.4, 0.5) is 5.69 Å². The number of halogens is 1. The zero-order chi connectivity index (χ0) is 11.6. The van der Waals surface area contributed by atoms with Crippen molar-refractivity contribution in [3.05, 3.63) is 28.2 Å². The first kappa shape index (κ1) is 12.2. The van der Waals surface area contributed by atoms with E-state index >= 15 is 0 Å². The molecule has 82 valence electrons. The molecule has 0 spiro atoms. The number of benzene rings is 1. The summed E-state index contributed by atoms with van der Waals surface area (Å²) in [4.78, 5) is 12.8. The topological polar surface area (TPSA) is 20.3 Å². The van der Waals surface area contributed by atoms with Crippen molar-refractivity contribution in [3.8, 4) is 0 Å². The van der Waals surface area contributed by atoms with Crippen LogP contribution in [0.25, 0.3) is 0 Å². The molecule has 0 fully saturated rings. The highest BCUT2D eigenvalue weighted by Crippen LogP contribution is 2.30. The van der Waals surface area contributed by atoms with Crippen LogP contribution in [-0.2, 0) is 0 Å². The molecule has 0 radical (unpaired) electrons. The minimum Gasteiger partial charge on any atom is -0.369 e. The average molecular weight is 270 g/mol. The van der Waals surface area contributed by atoms with E-state index in [2.05, 4.69) is 41.6 Å². The summed E-state index contributed by atoms with van der Waals surface area (Å²) in [6.07, 6.45) is 0.853. The lowest BCUT2D eigenvalue weighted by Crippen LogP contribution is -2.38. The number of carbonyl (C=O) groups is 1. The van der Waals surface area contributed by atoms with Gasteiger partial charge in [-0.25, -0.2) is 0 Å². The van der Waals surface area contributed by atoms with Crippen molar-refractivity contribution in [2.24, 2.45) is 0 Å². The second-order valence-corrected chi connectivity index (χ2v) is 5.41. The van der Waals surface area contributed by atoms with Gasteiger partial charge in [0.15, 0.2) is 0 Å². The Morgan fingerprint density at radius 1 is 1.33 bits per heavy atom. The highest BCUT2D eigenvalue weighted by atomic mass is 79.9. The fraction of sp³-hybridized carbons (Fsp3) is 0.417. The molecule has 0 aromatic heterocycles. The van der Waals surface area contributed by atoms with Crippen LogP contribution in [-0.4, -0.2) is 18.9 Å². The third-order valence-electron chi connectivity index (χ3n) is 2.48. The third kappa shape index (κ3) is 2.81. The van der Waals surface area contributed by atoms with Crippen LogP contribution in [0, 0.1) is 0 Å². The van der Waals surface area contributed by atoms with E-state index in [0.29, 0.717) is 5.56 Å². The summed E-state index contributed by atoms with van der Waals surface area (Å²) in [5, 5.41) is 0. The number of rotatable bonds is 2. The van der Waals surface area contributed by atoms with Crippen LogP contribution in [0.1, 0.15) is 31.1 Å². The van der Waals surface area contributed by atoms with Gasteiger partial charge in [0.05, 0.1) is 5.69 Å². The van der Waals surface area contributed by atoms with Gasteiger partial charge in [-0.05, 0) is 54.9 Å². The fourth-order valence-corrected chi connectivity index (χ4v) is 1.89. The maximum absolute atomic E-state index is 10.6. The molecule has 15 heavy (non-hydrogen) atoms. The van der Waals surface area contributed by atoms with Crippen molar-refractivity contribution in [2.45, 2.75) is 26.3 Å². The molecule has 1 aromatic rings. The molecule has 0 unspecified atom stereocenters. The van der Waals surface area contributed by atoms with E-state index in [1.165, 1.54) is 0 Å². The normalized spacial score (nSPS) is 11.3. The summed E-state index contributed by atoms with van der Waals surface area (Å²) in [6.45, 7) is 6.44. The van der Waals surface area contributed by atoms with Gasteiger partial charge in [0, 0.05) is 22.6 Å². The quantitative estimate of drug-likeness (QED) is 0.766. The first-order valence-corrected chi connectivity index (χ1v) is 5.64. The van der Waals surface area contributed by atoms with E-state index in [1.807, 2.05) is 25.2 Å². The van der Waals surface area contributed by atoms with E-state index in [-0.39, 0.29) is 5.54 Å². The highest BCUT2D eigenvalue weighted by molar-refractivity contribution is 9.10. The molecule has 0 heterocycles. The van der Waals surface area contributed by atoms with Crippen molar-refractivity contribution in [2.75, 3.05) is 11.9 Å². The zero-order valence-corrected chi connectivity index (χ0v) is 11.1. The Hall–Kier alpha value is -0.830. The number of carbonyl (C=O) groups excluding carboxylic acids is 1. The molecule has 1 rings (SSSR count). The minimum atomic E-state index is 0.0607. The standard InChI is InChI=1S/C12H16BrNO/c1-12(2,3)14(4)11-6-5-9(8-15)7-10(11)13/h5-8H,1-4H3. The molecule has 0 amide bonds. The molecule has 1 aromatic carbocycles. The number of aldehydes is 1. The molecule has 2 nitrogen and oxygen atoms in total. The predicted octanol–water partition coefficient (Wildman–Crippen LogP) is 3.50. The molecule has 0 aliphatic heterocycles. The largest absolute Gasteiger partial charge is 0.369 e. The Balaban J connectivity index is 3.11. The van der Waals surface area contributed by atoms with Crippen molar-refractivity contribution >= 4 is 27.9 Å². The van der Waals surface area contributed by atoms with Crippen LogP contribution in [0.3, 0.4) is 0 Å². The van der Waals surface area contributed by atoms with Crippen molar-refractivity contribution in [3.63, 3.8) is 0 Å². The van der Waals surface area contributed by atoms with Crippen LogP contribution in [0.2, 0.25) is 0 Å². The lowest BCUT2D eigenvalue weighted by molar-refractivity contribution is 0.112. The van der Waals surface area contributed by atoms with E-state index < -0.39 is 0 Å². The van der Waals surface area contributed by atoms with Gasteiger partial charge >= 0.3 is 0 Å². The van der Waals surface area contributed by atoms with Gasteiger partial charge in [-0.1, -0.05) is 0 Å². The lowest BCUT2D eigenvalue weighted by atomic mass is 10.1. The summed E-state index contributed by atoms with van der Waals surface area (Å²) < 4.78 is 0.949. The monoisotopic (exact) mass is 269 g/mol. The zero-order valence-electron chi connectivity index (χ0n) is 9.54. The molecule has 0 saturated heterocycles. The number of anilines is 1. The maximum Gasteiger partial charge on any atom is 0.150 e. The molecule has 0 atom stereocenters. The van der Waals surface area contributed by atoms with E-state index in [1.54, 1.807) is 0 Å². The summed E-state index contributed by atoms with van der Waals surface area (Å²) in [5.41, 5.74) is 1.84. The molecule has 0 bridgehead atoms. The smallest absolute Gasteiger partial charge is 0.150 e. The highest BCUT2D eigenvalue weighted by Gasteiger charge is 2.19. The van der Waals surface area contributed by atoms with Gasteiger partial charge in [0.2, 0.25) is 0 Å². The number of hydrogen-bond donors (Lipinski definition) is 0. The average Bonchev–Trinajstić information content (AvgIpc) is 2.15. The predicted molar refractivity (Wildman–Crippen MR) is 67.7 cm³/mol. The van der Waals surface area contributed by atoms with Crippen LogP contribution < -0.4 is 4.90 Å². The van der Waals surface area contributed by atoms with E-state index in [0.717, 1.165) is 16.4 Å². The lowest BCUT2D eigenvalue weighted by Gasteiger charge is -2.34. The second kappa shape index (κ2) is 4.35. The number of nitrogens with zero attached hydrogens (tertiary/aromatic N) is 1. The SMILES string of the molecule is CN(c1ccc(C=O)cc1Br)C(C)(C)C. The Kier molecular flexibility index (Phi) is 3.55. The maximum atomic E-state index is 10.6. The third-order valence-corrected chi connectivity index (χ3v) is 3.11. The molecule has 3 heteroatoms. The molecule has 0 N–H and O–H groups in total. The molecular formula is C12H16BrNO. The Labute approximate surface area is 99.4 Å². The summed E-state index contributed by atoms with van der Waals surface area (Å²) in [6, 6.07) is 5.62. The van der Waals surface area contributed by atoms with E-state index in [9.17, 15) is 4.79 Å². The first-order valence-electron chi connectivity index (χ1n) is 4.85.